The van der Waals surface area contributed by atoms with Crippen LogP contribution in [-0.4, -0.2) is 64.4 Å². The van der Waals surface area contributed by atoms with Crippen LogP contribution in [0.25, 0.3) is 10.1 Å². The van der Waals surface area contributed by atoms with Gasteiger partial charge in [0.05, 0.1) is 35.3 Å². The molecule has 2 amide bonds. The number of aliphatic hydroxyl groups excluding tert-OH is 1. The van der Waals surface area contributed by atoms with Crippen LogP contribution in [0.5, 0.6) is 0 Å². The molecule has 1 saturated carbocycles. The normalized spacial score (nSPS) is 26.8. The molecule has 6 atom stereocenters. The molecular formula is C45H54N2O5S. The highest BCUT2D eigenvalue weighted by molar-refractivity contribution is 7.21. The molecule has 53 heavy (non-hydrogen) atoms. The van der Waals surface area contributed by atoms with Gasteiger partial charge >= 0.3 is 6.03 Å². The molecule has 1 saturated heterocycles. The number of aliphatic hydroxyl groups is 2. The van der Waals surface area contributed by atoms with Gasteiger partial charge in [0, 0.05) is 28.8 Å². The molecule has 2 fully saturated rings. The maximum absolute atomic E-state index is 14.6. The fourth-order valence-corrected chi connectivity index (χ4v) is 10.1. The van der Waals surface area contributed by atoms with Gasteiger partial charge in [0.15, 0.2) is 0 Å². The van der Waals surface area contributed by atoms with Crippen LogP contribution in [0.3, 0.4) is 0 Å². The second-order valence-corrected chi connectivity index (χ2v) is 17.1. The Morgan fingerprint density at radius 3 is 2.58 bits per heavy atom. The molecule has 2 bridgehead atoms. The molecule has 3 N–H and O–H groups in total. The second kappa shape index (κ2) is 15.9. The second-order valence-electron chi connectivity index (χ2n) is 16.0. The third kappa shape index (κ3) is 8.02. The SMILES string of the molecule is CC1=CCCC2(C)C(CCC2(O)CN(CC2CCCO2)C(=O)NC(C)c2ccccc2)c2ccc(cc2C(=O)c2cc3ccccc3s2)CC(O)CC1. The molecule has 1 aliphatic heterocycles. The van der Waals surface area contributed by atoms with Crippen LogP contribution < -0.4 is 5.32 Å². The molecular weight excluding hydrogens is 681 g/mol. The van der Waals surface area contributed by atoms with E-state index in [1.165, 1.54) is 16.9 Å². The lowest BCUT2D eigenvalue weighted by Crippen LogP contribution is -2.56. The van der Waals surface area contributed by atoms with E-state index in [1.807, 2.05) is 73.7 Å². The molecule has 4 aliphatic rings. The summed E-state index contributed by atoms with van der Waals surface area (Å²) in [6, 6.07) is 25.7. The maximum atomic E-state index is 14.6. The van der Waals surface area contributed by atoms with Crippen molar-refractivity contribution in [2.45, 2.75) is 108 Å². The number of hydrogen-bond acceptors (Lipinski definition) is 6. The Morgan fingerprint density at radius 1 is 1.02 bits per heavy atom. The van der Waals surface area contributed by atoms with Crippen molar-refractivity contribution in [3.63, 3.8) is 0 Å². The summed E-state index contributed by atoms with van der Waals surface area (Å²) in [6.45, 7) is 7.54. The van der Waals surface area contributed by atoms with Crippen molar-refractivity contribution in [2.75, 3.05) is 19.7 Å². The van der Waals surface area contributed by atoms with Crippen LogP contribution >= 0.6 is 11.3 Å². The van der Waals surface area contributed by atoms with E-state index in [1.54, 1.807) is 4.90 Å². The van der Waals surface area contributed by atoms with Gasteiger partial charge in [0.1, 0.15) is 0 Å². The van der Waals surface area contributed by atoms with E-state index in [-0.39, 0.29) is 36.4 Å². The zero-order valence-corrected chi connectivity index (χ0v) is 32.2. The van der Waals surface area contributed by atoms with E-state index < -0.39 is 17.1 Å². The Morgan fingerprint density at radius 2 is 1.81 bits per heavy atom. The highest BCUT2D eigenvalue weighted by Gasteiger charge is 2.58. The molecule has 8 heteroatoms. The van der Waals surface area contributed by atoms with Crippen molar-refractivity contribution >= 4 is 33.2 Å². The summed E-state index contributed by atoms with van der Waals surface area (Å²) in [5, 5.41) is 28.4. The third-order valence-electron chi connectivity index (χ3n) is 12.4. The third-order valence-corrected chi connectivity index (χ3v) is 13.5. The molecule has 2 heterocycles. The first-order valence-corrected chi connectivity index (χ1v) is 20.3. The summed E-state index contributed by atoms with van der Waals surface area (Å²) in [4.78, 5) is 31.3. The number of nitrogens with zero attached hydrogens (tertiary/aromatic N) is 1. The van der Waals surface area contributed by atoms with Crippen molar-refractivity contribution in [3.8, 4) is 0 Å². The van der Waals surface area contributed by atoms with Gasteiger partial charge in [-0.1, -0.05) is 79.2 Å². The summed E-state index contributed by atoms with van der Waals surface area (Å²) >= 11 is 1.51. The van der Waals surface area contributed by atoms with Gasteiger partial charge in [-0.15, -0.1) is 11.3 Å². The van der Waals surface area contributed by atoms with Crippen LogP contribution in [0, 0.1) is 5.41 Å². The molecule has 6 unspecified atom stereocenters. The summed E-state index contributed by atoms with van der Waals surface area (Å²) in [5.74, 6) is -0.153. The van der Waals surface area contributed by atoms with Crippen molar-refractivity contribution in [2.24, 2.45) is 5.41 Å². The largest absolute Gasteiger partial charge is 0.393 e. The first-order valence-electron chi connectivity index (χ1n) is 19.5. The molecule has 1 aromatic heterocycles. The number of benzene rings is 3. The number of allylic oxidation sites excluding steroid dienone is 2. The van der Waals surface area contributed by atoms with Gasteiger partial charge < -0.3 is 25.2 Å². The Hall–Kier alpha value is -3.82. The molecule has 0 spiro atoms. The van der Waals surface area contributed by atoms with Gasteiger partial charge in [-0.25, -0.2) is 4.79 Å². The molecule has 0 radical (unpaired) electrons. The van der Waals surface area contributed by atoms with Gasteiger partial charge in [0.25, 0.3) is 0 Å². The van der Waals surface area contributed by atoms with E-state index in [4.69, 9.17) is 4.74 Å². The number of rotatable bonds is 8. The quantitative estimate of drug-likeness (QED) is 0.124. The topological polar surface area (TPSA) is 99.1 Å². The van der Waals surface area contributed by atoms with E-state index in [0.29, 0.717) is 55.7 Å². The van der Waals surface area contributed by atoms with Gasteiger partial charge in [0.2, 0.25) is 5.78 Å². The number of thiophene rings is 1. The first-order chi connectivity index (χ1) is 25.5. The fraction of sp³-hybridized carbons (Fsp3) is 0.467. The number of hydrogen-bond donors (Lipinski definition) is 3. The maximum Gasteiger partial charge on any atom is 0.318 e. The zero-order valence-electron chi connectivity index (χ0n) is 31.4. The molecule has 7 nitrogen and oxygen atoms in total. The highest BCUT2D eigenvalue weighted by atomic mass is 32.1. The molecule has 280 valence electrons. The molecule has 4 aromatic rings. The standard InChI is InChI=1S/C45H54N2O5S/c1-30-11-9-22-44(3)39(21-23-45(44,51)29-47(28-36-15-10-24-52-36)43(50)46-31(2)33-12-5-4-6-13-33)37-20-18-32(25-35(48)19-17-30)26-38(37)42(49)41-27-34-14-7-8-16-40(34)53-41/h4-8,11-14,16,18,20,26-27,31,35-36,39,48,51H,9-10,15,17,19,21-25,28-29H2,1-3H3,(H,46,50). The first kappa shape index (κ1) is 37.5. The lowest BCUT2D eigenvalue weighted by molar-refractivity contribution is -0.0808. The number of urea groups is 1. The molecule has 3 aromatic carbocycles. The zero-order chi connectivity index (χ0) is 37.2. The minimum Gasteiger partial charge on any atom is -0.393 e. The average Bonchev–Trinajstić information content (AvgIpc) is 3.89. The number of nitrogens with one attached hydrogen (secondary N) is 1. The lowest BCUT2D eigenvalue weighted by Gasteiger charge is -2.46. The van der Waals surface area contributed by atoms with Crippen molar-refractivity contribution < 1.29 is 24.5 Å². The number of ether oxygens (including phenoxy) is 1. The van der Waals surface area contributed by atoms with E-state index in [2.05, 4.69) is 37.4 Å². The minimum absolute atomic E-state index is 0.0209. The van der Waals surface area contributed by atoms with Crippen LogP contribution in [0.4, 0.5) is 4.79 Å². The Kier molecular flexibility index (Phi) is 11.2. The molecule has 3 aliphatic carbocycles. The molecule has 8 rings (SSSR count). The monoisotopic (exact) mass is 734 g/mol. The van der Waals surface area contributed by atoms with Gasteiger partial charge in [-0.3, -0.25) is 4.79 Å². The van der Waals surface area contributed by atoms with Crippen molar-refractivity contribution in [1.29, 1.82) is 0 Å². The summed E-state index contributed by atoms with van der Waals surface area (Å²) in [5.41, 5.74) is 2.88. The van der Waals surface area contributed by atoms with Crippen LogP contribution in [0.1, 0.15) is 116 Å². The van der Waals surface area contributed by atoms with Crippen LogP contribution in [0.15, 0.2) is 90.5 Å². The summed E-state index contributed by atoms with van der Waals surface area (Å²) in [7, 11) is 0. The van der Waals surface area contributed by atoms with Gasteiger partial charge in [-0.05, 0) is 118 Å². The van der Waals surface area contributed by atoms with Crippen LogP contribution in [0.2, 0.25) is 0 Å². The van der Waals surface area contributed by atoms with Crippen molar-refractivity contribution in [3.05, 3.63) is 118 Å². The summed E-state index contributed by atoms with van der Waals surface area (Å²) in [6.07, 6.45) is 8.01. The van der Waals surface area contributed by atoms with Crippen LogP contribution in [-0.2, 0) is 11.2 Å². The number of ketones is 1. The van der Waals surface area contributed by atoms with E-state index in [0.717, 1.165) is 52.5 Å². The fourth-order valence-electron chi connectivity index (χ4n) is 9.09. The van der Waals surface area contributed by atoms with E-state index >= 15 is 0 Å². The lowest BCUT2D eigenvalue weighted by atomic mass is 9.64. The minimum atomic E-state index is -1.23. The van der Waals surface area contributed by atoms with E-state index in [9.17, 15) is 19.8 Å². The smallest absolute Gasteiger partial charge is 0.318 e. The highest BCUT2D eigenvalue weighted by Crippen LogP contribution is 2.59. The summed E-state index contributed by atoms with van der Waals surface area (Å²) < 4.78 is 7.11. The van der Waals surface area contributed by atoms with Gasteiger partial charge in [-0.2, -0.15) is 0 Å². The predicted molar refractivity (Wildman–Crippen MR) is 213 cm³/mol. The number of amides is 2. The Bertz CT molecular complexity index is 1920. The number of fused-ring (bicyclic) bond motifs is 9. The average molecular weight is 735 g/mol. The predicted octanol–water partition coefficient (Wildman–Crippen LogP) is 9.12. The van der Waals surface area contributed by atoms with Crippen molar-refractivity contribution in [1.82, 2.24) is 10.2 Å². The Labute approximate surface area is 318 Å². The Balaban J connectivity index is 1.26. The number of carbonyl (C=O) groups excluding carboxylic acids is 2. The number of carbonyl (C=O) groups is 2.